The van der Waals surface area contributed by atoms with Crippen molar-refractivity contribution < 1.29 is 19.1 Å². The Bertz CT molecular complexity index is 1140. The van der Waals surface area contributed by atoms with Crippen molar-refractivity contribution in [1.29, 1.82) is 0 Å². The molecule has 170 valence electrons. The molecule has 4 aliphatic rings. The van der Waals surface area contributed by atoms with Crippen molar-refractivity contribution in [3.63, 3.8) is 0 Å². The smallest absolute Gasteiger partial charge is 0.320 e. The third kappa shape index (κ3) is 3.91. The summed E-state index contributed by atoms with van der Waals surface area (Å²) >= 11 is 0. The summed E-state index contributed by atoms with van der Waals surface area (Å²) in [6, 6.07) is 17.4. The van der Waals surface area contributed by atoms with E-state index >= 15 is 0 Å². The van der Waals surface area contributed by atoms with E-state index in [0.717, 1.165) is 61.2 Å². The molecule has 0 atom stereocenters. The minimum absolute atomic E-state index is 0.00988. The number of fused-ring (bicyclic) bond motifs is 3. The topological polar surface area (TPSA) is 97.5 Å². The molecular formula is C26H27N3O4. The van der Waals surface area contributed by atoms with Gasteiger partial charge in [-0.25, -0.2) is 0 Å². The maximum atomic E-state index is 11.2. The van der Waals surface area contributed by atoms with E-state index in [1.807, 2.05) is 12.1 Å². The van der Waals surface area contributed by atoms with Gasteiger partial charge in [-0.2, -0.15) is 0 Å². The summed E-state index contributed by atoms with van der Waals surface area (Å²) in [6.45, 7) is 0.609. The third-order valence-electron chi connectivity index (χ3n) is 7.58. The predicted molar refractivity (Wildman–Crippen MR) is 123 cm³/mol. The lowest BCUT2D eigenvalue weighted by Gasteiger charge is -2.53. The molecule has 3 aromatic rings. The Morgan fingerprint density at radius 1 is 0.970 bits per heavy atom. The molecule has 3 heterocycles. The second kappa shape index (κ2) is 7.70. The maximum absolute atomic E-state index is 11.2. The number of aromatic nitrogens is 2. The molecule has 33 heavy (non-hydrogen) atoms. The van der Waals surface area contributed by atoms with Crippen LogP contribution >= 0.6 is 0 Å². The van der Waals surface area contributed by atoms with Crippen molar-refractivity contribution in [3.05, 3.63) is 60.0 Å². The van der Waals surface area contributed by atoms with E-state index in [4.69, 9.17) is 9.15 Å². The van der Waals surface area contributed by atoms with E-state index in [-0.39, 0.29) is 11.8 Å². The van der Waals surface area contributed by atoms with E-state index in [9.17, 15) is 9.90 Å². The van der Waals surface area contributed by atoms with Gasteiger partial charge in [0.05, 0.1) is 18.6 Å². The zero-order valence-corrected chi connectivity index (χ0v) is 18.4. The van der Waals surface area contributed by atoms with Gasteiger partial charge in [-0.15, -0.1) is 5.10 Å². The molecule has 2 aliphatic heterocycles. The standard InChI is InChI=1S/C26H27N3O4/c30-22(31)15-26-13-11-25(12-14-26,16-32-26)20-7-3-17(4-8-20)18-5-9-21(10-6-18)27-24-29-28-23(33-24)19-1-2-19/h3-10,19H,1-2,11-16H2,(H,27,29)(H,30,31). The van der Waals surface area contributed by atoms with E-state index in [1.165, 1.54) is 5.56 Å². The molecule has 2 aromatic carbocycles. The van der Waals surface area contributed by atoms with Gasteiger partial charge in [0.15, 0.2) is 0 Å². The van der Waals surface area contributed by atoms with Gasteiger partial charge in [0.1, 0.15) is 0 Å². The number of nitrogens with one attached hydrogen (secondary N) is 1. The summed E-state index contributed by atoms with van der Waals surface area (Å²) in [7, 11) is 0. The van der Waals surface area contributed by atoms with Crippen LogP contribution in [0.2, 0.25) is 0 Å². The molecule has 2 saturated heterocycles. The highest BCUT2D eigenvalue weighted by molar-refractivity contribution is 5.69. The Kier molecular flexibility index (Phi) is 4.76. The number of carboxylic acid groups (broad SMARTS) is 1. The Balaban J connectivity index is 1.13. The lowest BCUT2D eigenvalue weighted by molar-refractivity contribution is -0.174. The number of benzene rings is 2. The zero-order valence-electron chi connectivity index (χ0n) is 18.4. The van der Waals surface area contributed by atoms with E-state index in [2.05, 4.69) is 51.9 Å². The van der Waals surface area contributed by atoms with E-state index in [0.29, 0.717) is 18.5 Å². The van der Waals surface area contributed by atoms with Crippen LogP contribution in [0.4, 0.5) is 11.7 Å². The molecule has 7 rings (SSSR count). The quantitative estimate of drug-likeness (QED) is 0.501. The van der Waals surface area contributed by atoms with Crippen molar-refractivity contribution in [2.75, 3.05) is 11.9 Å². The van der Waals surface area contributed by atoms with Crippen molar-refractivity contribution in [3.8, 4) is 11.1 Å². The van der Waals surface area contributed by atoms with Gasteiger partial charge in [-0.1, -0.05) is 41.5 Å². The minimum atomic E-state index is -0.768. The molecule has 4 fully saturated rings. The van der Waals surface area contributed by atoms with Crippen LogP contribution in [0.5, 0.6) is 0 Å². The van der Waals surface area contributed by atoms with Crippen LogP contribution in [0, 0.1) is 0 Å². The average molecular weight is 446 g/mol. The highest BCUT2D eigenvalue weighted by Gasteiger charge is 2.51. The molecule has 2 saturated carbocycles. The molecular weight excluding hydrogens is 418 g/mol. The van der Waals surface area contributed by atoms with Crippen LogP contribution in [0.15, 0.2) is 52.9 Å². The van der Waals surface area contributed by atoms with Crippen LogP contribution in [-0.4, -0.2) is 33.5 Å². The van der Waals surface area contributed by atoms with Crippen LogP contribution in [0.3, 0.4) is 0 Å². The second-order valence-electron chi connectivity index (χ2n) is 9.82. The number of rotatable bonds is 7. The summed E-state index contributed by atoms with van der Waals surface area (Å²) in [4.78, 5) is 11.2. The lowest BCUT2D eigenvalue weighted by Crippen LogP contribution is -2.54. The van der Waals surface area contributed by atoms with Crippen molar-refractivity contribution in [2.24, 2.45) is 0 Å². The van der Waals surface area contributed by atoms with Crippen LogP contribution in [0.1, 0.15) is 62.3 Å². The molecule has 0 spiro atoms. The van der Waals surface area contributed by atoms with Gasteiger partial charge in [-0.3, -0.25) is 4.79 Å². The highest BCUT2D eigenvalue weighted by Crippen LogP contribution is 2.51. The van der Waals surface area contributed by atoms with Crippen LogP contribution in [-0.2, 0) is 14.9 Å². The normalized spacial score (nSPS) is 26.3. The number of hydrogen-bond acceptors (Lipinski definition) is 6. The number of aliphatic carboxylic acids is 1. The predicted octanol–water partition coefficient (Wildman–Crippen LogP) is 5.41. The molecule has 0 radical (unpaired) electrons. The third-order valence-corrected chi connectivity index (χ3v) is 7.58. The number of anilines is 2. The average Bonchev–Trinajstić information content (AvgIpc) is 3.59. The van der Waals surface area contributed by atoms with Gasteiger partial charge in [-0.05, 0) is 67.3 Å². The first-order valence-electron chi connectivity index (χ1n) is 11.7. The van der Waals surface area contributed by atoms with Crippen LogP contribution < -0.4 is 5.32 Å². The number of ether oxygens (including phenoxy) is 1. The molecule has 1 aromatic heterocycles. The monoisotopic (exact) mass is 445 g/mol. The first kappa shape index (κ1) is 20.4. The largest absolute Gasteiger partial charge is 0.481 e. The summed E-state index contributed by atoms with van der Waals surface area (Å²) in [5.41, 5.74) is 4.05. The van der Waals surface area contributed by atoms with E-state index in [1.54, 1.807) is 0 Å². The number of carboxylic acids is 1. The Morgan fingerprint density at radius 3 is 2.21 bits per heavy atom. The number of hydrogen-bond donors (Lipinski definition) is 2. The Hall–Kier alpha value is -3.19. The fraction of sp³-hybridized carbons (Fsp3) is 0.423. The van der Waals surface area contributed by atoms with Gasteiger partial charge in [0, 0.05) is 17.0 Å². The van der Waals surface area contributed by atoms with Gasteiger partial charge < -0.3 is 19.6 Å². The fourth-order valence-electron chi connectivity index (χ4n) is 5.31. The van der Waals surface area contributed by atoms with Crippen LogP contribution in [0.25, 0.3) is 11.1 Å². The lowest BCUT2D eigenvalue weighted by atomic mass is 9.62. The van der Waals surface area contributed by atoms with Crippen molar-refractivity contribution in [1.82, 2.24) is 10.2 Å². The number of carbonyl (C=O) groups is 1. The minimum Gasteiger partial charge on any atom is -0.481 e. The maximum Gasteiger partial charge on any atom is 0.320 e. The number of nitrogens with zero attached hydrogens (tertiary/aromatic N) is 2. The van der Waals surface area contributed by atoms with E-state index < -0.39 is 11.6 Å². The molecule has 2 bridgehead atoms. The SMILES string of the molecule is O=C(O)CC12CCC(c3ccc(-c4ccc(Nc5nnc(C6CC6)o5)cc4)cc3)(CC1)CO2. The zero-order chi connectivity index (χ0) is 22.5. The molecule has 7 nitrogen and oxygen atoms in total. The van der Waals surface area contributed by atoms with Gasteiger partial charge in [0.2, 0.25) is 5.89 Å². The fourth-order valence-corrected chi connectivity index (χ4v) is 5.31. The Labute approximate surface area is 192 Å². The van der Waals surface area contributed by atoms with Crippen molar-refractivity contribution >= 4 is 17.7 Å². The first-order valence-corrected chi connectivity index (χ1v) is 11.7. The second-order valence-corrected chi connectivity index (χ2v) is 9.82. The Morgan fingerprint density at radius 2 is 1.64 bits per heavy atom. The molecule has 0 unspecified atom stereocenters. The molecule has 2 aliphatic carbocycles. The molecule has 0 amide bonds. The van der Waals surface area contributed by atoms with Gasteiger partial charge >= 0.3 is 12.0 Å². The summed E-state index contributed by atoms with van der Waals surface area (Å²) in [5.74, 6) is 0.400. The summed E-state index contributed by atoms with van der Waals surface area (Å²) < 4.78 is 11.8. The summed E-state index contributed by atoms with van der Waals surface area (Å²) in [5, 5.41) is 20.6. The van der Waals surface area contributed by atoms with Gasteiger partial charge in [0.25, 0.3) is 0 Å². The van der Waals surface area contributed by atoms with Crippen molar-refractivity contribution in [2.45, 2.75) is 61.9 Å². The summed E-state index contributed by atoms with van der Waals surface area (Å²) in [6.07, 6.45) is 5.98. The first-order chi connectivity index (χ1) is 16.0. The molecule has 2 N–H and O–H groups in total. The molecule has 7 heteroatoms. The highest BCUT2D eigenvalue weighted by atomic mass is 16.5.